The molecule has 1 fully saturated rings. The van der Waals surface area contributed by atoms with Gasteiger partial charge in [-0.3, -0.25) is 4.79 Å². The highest BCUT2D eigenvalue weighted by atomic mass is 16.5. The maximum atomic E-state index is 11.8. The van der Waals surface area contributed by atoms with Gasteiger partial charge in [-0.05, 0) is 31.4 Å². The van der Waals surface area contributed by atoms with Gasteiger partial charge >= 0.3 is 0 Å². The molecule has 0 bridgehead atoms. The molecule has 1 aliphatic rings. The number of benzene rings is 1. The van der Waals surface area contributed by atoms with Crippen LogP contribution in [0.25, 0.3) is 0 Å². The van der Waals surface area contributed by atoms with E-state index in [0.717, 1.165) is 18.8 Å². The first-order chi connectivity index (χ1) is 8.13. The molecule has 3 heteroatoms. The van der Waals surface area contributed by atoms with Gasteiger partial charge in [0.15, 0.2) is 5.78 Å². The van der Waals surface area contributed by atoms with Gasteiger partial charge in [0.05, 0.1) is 18.4 Å². The van der Waals surface area contributed by atoms with Gasteiger partial charge in [0.2, 0.25) is 0 Å². The first-order valence-electron chi connectivity index (χ1n) is 6.06. The van der Waals surface area contributed by atoms with Crippen LogP contribution in [0.3, 0.4) is 0 Å². The summed E-state index contributed by atoms with van der Waals surface area (Å²) in [5.74, 6) is 1.44. The van der Waals surface area contributed by atoms with Crippen LogP contribution >= 0.6 is 0 Å². The Bertz CT molecular complexity index is 428. The van der Waals surface area contributed by atoms with Crippen molar-refractivity contribution in [2.75, 3.05) is 25.1 Å². The van der Waals surface area contributed by atoms with E-state index in [4.69, 9.17) is 4.74 Å². The van der Waals surface area contributed by atoms with Crippen molar-refractivity contribution < 1.29 is 9.53 Å². The molecule has 1 aromatic rings. The van der Waals surface area contributed by atoms with E-state index in [1.807, 2.05) is 18.2 Å². The van der Waals surface area contributed by atoms with Crippen LogP contribution in [-0.2, 0) is 0 Å². The SMILES string of the molecule is COc1cccc(N2CCC(C)C2)c1C(C)=O. The summed E-state index contributed by atoms with van der Waals surface area (Å²) in [5.41, 5.74) is 1.73. The van der Waals surface area contributed by atoms with Gasteiger partial charge < -0.3 is 9.64 Å². The topological polar surface area (TPSA) is 29.5 Å². The average Bonchev–Trinajstić information content (AvgIpc) is 2.74. The quantitative estimate of drug-likeness (QED) is 0.752. The first-order valence-corrected chi connectivity index (χ1v) is 6.06. The molecule has 0 aromatic heterocycles. The summed E-state index contributed by atoms with van der Waals surface area (Å²) in [6.45, 7) is 5.89. The molecule has 1 heterocycles. The Kier molecular flexibility index (Phi) is 3.36. The van der Waals surface area contributed by atoms with E-state index < -0.39 is 0 Å². The fourth-order valence-electron chi connectivity index (χ4n) is 2.46. The molecule has 1 aromatic carbocycles. The number of Topliss-reactive ketones (excluding diaryl/α,β-unsaturated/α-hetero) is 1. The van der Waals surface area contributed by atoms with Crippen molar-refractivity contribution in [3.05, 3.63) is 23.8 Å². The van der Waals surface area contributed by atoms with Crippen LogP contribution < -0.4 is 9.64 Å². The highest BCUT2D eigenvalue weighted by molar-refractivity contribution is 6.02. The van der Waals surface area contributed by atoms with E-state index in [1.54, 1.807) is 14.0 Å². The van der Waals surface area contributed by atoms with E-state index in [9.17, 15) is 4.79 Å². The molecule has 0 radical (unpaired) electrons. The lowest BCUT2D eigenvalue weighted by Crippen LogP contribution is -2.21. The zero-order chi connectivity index (χ0) is 12.4. The summed E-state index contributed by atoms with van der Waals surface area (Å²) in [6, 6.07) is 5.81. The van der Waals surface area contributed by atoms with Crippen molar-refractivity contribution >= 4 is 11.5 Å². The van der Waals surface area contributed by atoms with Gasteiger partial charge in [0.1, 0.15) is 5.75 Å². The van der Waals surface area contributed by atoms with Gasteiger partial charge in [0, 0.05) is 13.1 Å². The van der Waals surface area contributed by atoms with Gasteiger partial charge in [-0.1, -0.05) is 13.0 Å². The second-order valence-corrected chi connectivity index (χ2v) is 4.75. The van der Waals surface area contributed by atoms with Crippen molar-refractivity contribution in [1.82, 2.24) is 0 Å². The maximum Gasteiger partial charge on any atom is 0.165 e. The fourth-order valence-corrected chi connectivity index (χ4v) is 2.46. The lowest BCUT2D eigenvalue weighted by molar-refractivity contribution is 0.101. The molecule has 0 amide bonds. The zero-order valence-electron chi connectivity index (χ0n) is 10.7. The molecule has 1 atom stereocenters. The third kappa shape index (κ3) is 2.28. The third-order valence-corrected chi connectivity index (χ3v) is 3.34. The van der Waals surface area contributed by atoms with Gasteiger partial charge in [0.25, 0.3) is 0 Å². The Morgan fingerprint density at radius 2 is 2.24 bits per heavy atom. The molecule has 0 aliphatic carbocycles. The van der Waals surface area contributed by atoms with Crippen molar-refractivity contribution in [2.24, 2.45) is 5.92 Å². The molecule has 0 spiro atoms. The normalized spacial score (nSPS) is 19.5. The van der Waals surface area contributed by atoms with Crippen LogP contribution in [0, 0.1) is 5.92 Å². The van der Waals surface area contributed by atoms with Crippen LogP contribution in [-0.4, -0.2) is 26.0 Å². The monoisotopic (exact) mass is 233 g/mol. The molecule has 1 aliphatic heterocycles. The minimum absolute atomic E-state index is 0.0667. The molecule has 0 N–H and O–H groups in total. The number of nitrogens with zero attached hydrogens (tertiary/aromatic N) is 1. The lowest BCUT2D eigenvalue weighted by Gasteiger charge is -2.22. The Hall–Kier alpha value is -1.51. The number of ketones is 1. The average molecular weight is 233 g/mol. The van der Waals surface area contributed by atoms with Crippen molar-refractivity contribution in [1.29, 1.82) is 0 Å². The van der Waals surface area contributed by atoms with E-state index in [2.05, 4.69) is 11.8 Å². The molecule has 3 nitrogen and oxygen atoms in total. The highest BCUT2D eigenvalue weighted by Gasteiger charge is 2.24. The van der Waals surface area contributed by atoms with E-state index in [1.165, 1.54) is 6.42 Å². The number of carbonyl (C=O) groups is 1. The minimum Gasteiger partial charge on any atom is -0.496 e. The Morgan fingerprint density at radius 3 is 2.76 bits per heavy atom. The zero-order valence-corrected chi connectivity index (χ0v) is 10.7. The standard InChI is InChI=1S/C14H19NO2/c1-10-7-8-15(9-10)12-5-4-6-13(17-3)14(12)11(2)16/h4-6,10H,7-9H2,1-3H3. The molecule has 1 saturated heterocycles. The molecule has 17 heavy (non-hydrogen) atoms. The summed E-state index contributed by atoms with van der Waals surface area (Å²) >= 11 is 0. The Labute approximate surface area is 102 Å². The van der Waals surface area contributed by atoms with E-state index in [-0.39, 0.29) is 5.78 Å². The van der Waals surface area contributed by atoms with Gasteiger partial charge in [-0.2, -0.15) is 0 Å². The number of rotatable bonds is 3. The van der Waals surface area contributed by atoms with Crippen LogP contribution in [0.1, 0.15) is 30.6 Å². The molecule has 0 saturated carbocycles. The number of anilines is 1. The fraction of sp³-hybridized carbons (Fsp3) is 0.500. The van der Waals surface area contributed by atoms with Gasteiger partial charge in [-0.15, -0.1) is 0 Å². The van der Waals surface area contributed by atoms with Crippen LogP contribution in [0.2, 0.25) is 0 Å². The van der Waals surface area contributed by atoms with Crippen LogP contribution in [0.5, 0.6) is 5.75 Å². The Morgan fingerprint density at radius 1 is 1.47 bits per heavy atom. The molecule has 2 rings (SSSR count). The van der Waals surface area contributed by atoms with E-state index in [0.29, 0.717) is 17.2 Å². The summed E-state index contributed by atoms with van der Waals surface area (Å²) in [7, 11) is 1.61. The maximum absolute atomic E-state index is 11.8. The minimum atomic E-state index is 0.0667. The Balaban J connectivity index is 2.42. The van der Waals surface area contributed by atoms with Crippen molar-refractivity contribution in [2.45, 2.75) is 20.3 Å². The van der Waals surface area contributed by atoms with Crippen LogP contribution in [0.15, 0.2) is 18.2 Å². The molecular weight excluding hydrogens is 214 g/mol. The number of ether oxygens (including phenoxy) is 1. The number of carbonyl (C=O) groups excluding carboxylic acids is 1. The molecule has 92 valence electrons. The lowest BCUT2D eigenvalue weighted by atomic mass is 10.1. The van der Waals surface area contributed by atoms with Gasteiger partial charge in [-0.25, -0.2) is 0 Å². The second-order valence-electron chi connectivity index (χ2n) is 4.75. The number of methoxy groups -OCH3 is 1. The van der Waals surface area contributed by atoms with Crippen LogP contribution in [0.4, 0.5) is 5.69 Å². The number of hydrogen-bond acceptors (Lipinski definition) is 3. The largest absolute Gasteiger partial charge is 0.496 e. The highest BCUT2D eigenvalue weighted by Crippen LogP contribution is 2.32. The predicted molar refractivity (Wildman–Crippen MR) is 69.0 cm³/mol. The summed E-state index contributed by atoms with van der Waals surface area (Å²) in [5, 5.41) is 0. The van der Waals surface area contributed by atoms with E-state index >= 15 is 0 Å². The first kappa shape index (κ1) is 12.0. The third-order valence-electron chi connectivity index (χ3n) is 3.34. The molecule has 1 unspecified atom stereocenters. The predicted octanol–water partition coefficient (Wildman–Crippen LogP) is 2.74. The number of hydrogen-bond donors (Lipinski definition) is 0. The molecular formula is C14H19NO2. The van der Waals surface area contributed by atoms with Crippen molar-refractivity contribution in [3.63, 3.8) is 0 Å². The van der Waals surface area contributed by atoms with Crippen molar-refractivity contribution in [3.8, 4) is 5.75 Å². The summed E-state index contributed by atoms with van der Waals surface area (Å²) in [4.78, 5) is 14.1. The second kappa shape index (κ2) is 4.78. The summed E-state index contributed by atoms with van der Waals surface area (Å²) in [6.07, 6.45) is 1.19. The summed E-state index contributed by atoms with van der Waals surface area (Å²) < 4.78 is 5.29. The smallest absolute Gasteiger partial charge is 0.165 e.